The average molecular weight is 317 g/mol. The molecule has 1 N–H and O–H groups in total. The molecule has 2 amide bonds. The molecule has 0 saturated heterocycles. The first-order chi connectivity index (χ1) is 11.1. The normalized spacial score (nSPS) is 16.6. The van der Waals surface area contributed by atoms with E-state index in [1.54, 1.807) is 31.3 Å². The maximum Gasteiger partial charge on any atom is 0.244 e. The van der Waals surface area contributed by atoms with E-state index in [9.17, 15) is 9.59 Å². The first-order valence-electron chi connectivity index (χ1n) is 8.49. The van der Waals surface area contributed by atoms with Gasteiger partial charge in [0, 0.05) is 32.4 Å². The predicted molar refractivity (Wildman–Crippen MR) is 89.5 cm³/mol. The van der Waals surface area contributed by atoms with Gasteiger partial charge in [-0.25, -0.2) is 0 Å². The van der Waals surface area contributed by atoms with Gasteiger partial charge < -0.3 is 10.2 Å². The largest absolute Gasteiger partial charge is 0.345 e. The van der Waals surface area contributed by atoms with Gasteiger partial charge in [0.05, 0.1) is 0 Å². The second kappa shape index (κ2) is 8.65. The van der Waals surface area contributed by atoms with Crippen LogP contribution in [0.1, 0.15) is 51.0 Å². The topological polar surface area (TPSA) is 62.3 Å². The van der Waals surface area contributed by atoms with Gasteiger partial charge in [-0.2, -0.15) is 0 Å². The van der Waals surface area contributed by atoms with Gasteiger partial charge in [-0.05, 0) is 43.4 Å². The second-order valence-electron chi connectivity index (χ2n) is 6.55. The van der Waals surface area contributed by atoms with E-state index in [1.807, 2.05) is 12.1 Å². The number of rotatable bonds is 6. The van der Waals surface area contributed by atoms with E-state index in [0.29, 0.717) is 18.9 Å². The summed E-state index contributed by atoms with van der Waals surface area (Å²) < 4.78 is 0. The van der Waals surface area contributed by atoms with E-state index in [-0.39, 0.29) is 11.8 Å². The van der Waals surface area contributed by atoms with Crippen LogP contribution in [0.2, 0.25) is 0 Å². The lowest BCUT2D eigenvalue weighted by Gasteiger charge is -2.24. The summed E-state index contributed by atoms with van der Waals surface area (Å²) in [5.41, 5.74) is 1.02. The van der Waals surface area contributed by atoms with Gasteiger partial charge in [-0.3, -0.25) is 14.6 Å². The molecule has 1 aliphatic rings. The molecule has 2 rings (SSSR count). The molecule has 1 saturated carbocycles. The molecule has 1 aliphatic carbocycles. The number of amides is 2. The Bertz CT molecular complexity index is 512. The number of hydrogen-bond acceptors (Lipinski definition) is 3. The van der Waals surface area contributed by atoms with E-state index < -0.39 is 6.04 Å². The molecule has 0 spiro atoms. The molecule has 1 aromatic rings. The van der Waals surface area contributed by atoms with Gasteiger partial charge in [0.2, 0.25) is 11.8 Å². The number of nitrogens with zero attached hydrogens (tertiary/aromatic N) is 2. The molecular weight excluding hydrogens is 290 g/mol. The maximum absolute atomic E-state index is 12.4. The van der Waals surface area contributed by atoms with E-state index in [4.69, 9.17) is 0 Å². The minimum Gasteiger partial charge on any atom is -0.345 e. The van der Waals surface area contributed by atoms with Crippen molar-refractivity contribution in [3.8, 4) is 0 Å². The molecular formula is C18H27N3O2. The quantitative estimate of drug-likeness (QED) is 0.877. The monoisotopic (exact) mass is 317 g/mol. The lowest BCUT2D eigenvalue weighted by molar-refractivity contribution is -0.135. The van der Waals surface area contributed by atoms with Crippen LogP contribution in [-0.4, -0.2) is 34.8 Å². The number of carbonyl (C=O) groups is 2. The number of likely N-dealkylation sites (N-methyl/N-ethyl adjacent to an activating group) is 1. The van der Waals surface area contributed by atoms with Crippen molar-refractivity contribution in [3.63, 3.8) is 0 Å². The highest BCUT2D eigenvalue weighted by Gasteiger charge is 2.22. The van der Waals surface area contributed by atoms with E-state index in [2.05, 4.69) is 10.3 Å². The zero-order chi connectivity index (χ0) is 16.7. The highest BCUT2D eigenvalue weighted by Crippen LogP contribution is 2.26. The highest BCUT2D eigenvalue weighted by atomic mass is 16.2. The van der Waals surface area contributed by atoms with E-state index >= 15 is 0 Å². The Morgan fingerprint density at radius 3 is 2.57 bits per heavy atom. The molecule has 0 aromatic carbocycles. The zero-order valence-corrected chi connectivity index (χ0v) is 14.1. The van der Waals surface area contributed by atoms with Gasteiger partial charge in [0.15, 0.2) is 0 Å². The molecule has 1 atom stereocenters. The Hall–Kier alpha value is -1.91. The summed E-state index contributed by atoms with van der Waals surface area (Å²) in [6.45, 7) is 2.27. The van der Waals surface area contributed by atoms with Crippen molar-refractivity contribution in [2.75, 3.05) is 7.05 Å². The van der Waals surface area contributed by atoms with Crippen LogP contribution in [-0.2, 0) is 16.1 Å². The fourth-order valence-electron chi connectivity index (χ4n) is 3.19. The van der Waals surface area contributed by atoms with Crippen LogP contribution in [0, 0.1) is 5.92 Å². The predicted octanol–water partition coefficient (Wildman–Crippen LogP) is 2.52. The van der Waals surface area contributed by atoms with Crippen LogP contribution >= 0.6 is 0 Å². The molecule has 1 heterocycles. The molecule has 0 radical (unpaired) electrons. The molecule has 0 bridgehead atoms. The first-order valence-corrected chi connectivity index (χ1v) is 8.49. The Kier molecular flexibility index (Phi) is 6.56. The fourth-order valence-corrected chi connectivity index (χ4v) is 3.19. The average Bonchev–Trinajstić information content (AvgIpc) is 2.55. The van der Waals surface area contributed by atoms with Crippen molar-refractivity contribution >= 4 is 11.8 Å². The Labute approximate surface area is 138 Å². The summed E-state index contributed by atoms with van der Waals surface area (Å²) in [7, 11) is 1.76. The number of carbonyl (C=O) groups excluding carboxylic acids is 2. The van der Waals surface area contributed by atoms with Gasteiger partial charge >= 0.3 is 0 Å². The van der Waals surface area contributed by atoms with Gasteiger partial charge in [-0.1, -0.05) is 19.3 Å². The van der Waals surface area contributed by atoms with E-state index in [0.717, 1.165) is 18.4 Å². The minimum absolute atomic E-state index is 0.00457. The van der Waals surface area contributed by atoms with Crippen LogP contribution in [0.4, 0.5) is 0 Å². The Morgan fingerprint density at radius 2 is 1.91 bits per heavy atom. The van der Waals surface area contributed by atoms with Gasteiger partial charge in [-0.15, -0.1) is 0 Å². The lowest BCUT2D eigenvalue weighted by atomic mass is 9.87. The van der Waals surface area contributed by atoms with Crippen molar-refractivity contribution in [2.45, 2.75) is 58.0 Å². The summed E-state index contributed by atoms with van der Waals surface area (Å²) in [4.78, 5) is 30.1. The smallest absolute Gasteiger partial charge is 0.244 e. The van der Waals surface area contributed by atoms with Crippen molar-refractivity contribution in [1.82, 2.24) is 15.2 Å². The van der Waals surface area contributed by atoms with Crippen LogP contribution in [0.15, 0.2) is 24.5 Å². The van der Waals surface area contributed by atoms with E-state index in [1.165, 1.54) is 19.3 Å². The summed E-state index contributed by atoms with van der Waals surface area (Å²) in [5, 5.41) is 2.85. The van der Waals surface area contributed by atoms with Crippen molar-refractivity contribution < 1.29 is 9.59 Å². The van der Waals surface area contributed by atoms with Gasteiger partial charge in [0.25, 0.3) is 0 Å². The number of hydrogen-bond donors (Lipinski definition) is 1. The Balaban J connectivity index is 1.78. The third-order valence-corrected chi connectivity index (χ3v) is 4.49. The molecule has 5 nitrogen and oxygen atoms in total. The zero-order valence-electron chi connectivity index (χ0n) is 14.1. The third kappa shape index (κ3) is 5.66. The molecule has 1 aromatic heterocycles. The highest BCUT2D eigenvalue weighted by molar-refractivity contribution is 5.87. The molecule has 1 fully saturated rings. The summed E-state index contributed by atoms with van der Waals surface area (Å²) in [5.74, 6) is 0.412. The second-order valence-corrected chi connectivity index (χ2v) is 6.55. The SMILES string of the molecule is C[C@@H](NC(=O)CC1CCCCC1)C(=O)N(C)Cc1ccncc1. The summed E-state index contributed by atoms with van der Waals surface area (Å²) in [6, 6.07) is 3.28. The first kappa shape index (κ1) is 17.4. The van der Waals surface area contributed by atoms with Crippen LogP contribution in [0.25, 0.3) is 0 Å². The molecule has 5 heteroatoms. The fraction of sp³-hybridized carbons (Fsp3) is 0.611. The molecule has 0 unspecified atom stereocenters. The standard InChI is InChI=1S/C18H27N3O2/c1-14(20-17(22)12-15-6-4-3-5-7-15)18(23)21(2)13-16-8-10-19-11-9-16/h8-11,14-15H,3-7,12-13H2,1-2H3,(H,20,22)/t14-/m1/s1. The van der Waals surface area contributed by atoms with Crippen molar-refractivity contribution in [1.29, 1.82) is 0 Å². The van der Waals surface area contributed by atoms with Crippen molar-refractivity contribution in [2.24, 2.45) is 5.92 Å². The van der Waals surface area contributed by atoms with Crippen LogP contribution < -0.4 is 5.32 Å². The third-order valence-electron chi connectivity index (χ3n) is 4.49. The lowest BCUT2D eigenvalue weighted by Crippen LogP contribution is -2.45. The minimum atomic E-state index is -0.488. The Morgan fingerprint density at radius 1 is 1.26 bits per heavy atom. The maximum atomic E-state index is 12.4. The molecule has 23 heavy (non-hydrogen) atoms. The number of pyridine rings is 1. The van der Waals surface area contributed by atoms with Gasteiger partial charge in [0.1, 0.15) is 6.04 Å². The van der Waals surface area contributed by atoms with Crippen LogP contribution in [0.3, 0.4) is 0 Å². The number of aromatic nitrogens is 1. The van der Waals surface area contributed by atoms with Crippen molar-refractivity contribution in [3.05, 3.63) is 30.1 Å². The number of nitrogens with one attached hydrogen (secondary N) is 1. The summed E-state index contributed by atoms with van der Waals surface area (Å²) >= 11 is 0. The summed E-state index contributed by atoms with van der Waals surface area (Å²) in [6.07, 6.45) is 9.97. The molecule has 0 aliphatic heterocycles. The molecule has 126 valence electrons. The van der Waals surface area contributed by atoms with Crippen LogP contribution in [0.5, 0.6) is 0 Å².